The van der Waals surface area contributed by atoms with E-state index >= 15 is 0 Å². The van der Waals surface area contributed by atoms with Crippen molar-refractivity contribution in [3.8, 4) is 67.5 Å². The van der Waals surface area contributed by atoms with Crippen molar-refractivity contribution in [2.75, 3.05) is 0 Å². The Hall–Kier alpha value is -7.21. The van der Waals surface area contributed by atoms with Crippen molar-refractivity contribution < 1.29 is 4.42 Å². The van der Waals surface area contributed by atoms with Crippen molar-refractivity contribution in [3.05, 3.63) is 188 Å². The second-order valence-electron chi connectivity index (χ2n) is 13.9. The van der Waals surface area contributed by atoms with E-state index in [9.17, 15) is 0 Å². The van der Waals surface area contributed by atoms with E-state index in [4.69, 9.17) is 19.4 Å². The number of hydrogen-bond acceptors (Lipinski definition) is 5. The first kappa shape index (κ1) is 32.2. The summed E-state index contributed by atoms with van der Waals surface area (Å²) in [5, 5.41) is 4.71. The molecule has 3 aromatic heterocycles. The van der Waals surface area contributed by atoms with Crippen LogP contribution in [0.1, 0.15) is 0 Å². The number of aromatic nitrogens is 3. The molecule has 5 heteroatoms. The highest BCUT2D eigenvalue weighted by Crippen LogP contribution is 2.48. The maximum atomic E-state index is 6.85. The maximum absolute atomic E-state index is 6.85. The second-order valence-corrected chi connectivity index (χ2v) is 15.0. The van der Waals surface area contributed by atoms with Crippen molar-refractivity contribution in [1.82, 2.24) is 15.0 Å². The van der Waals surface area contributed by atoms with Gasteiger partial charge < -0.3 is 4.42 Å². The molecular weight excluding hydrogens is 703 g/mol. The average molecular weight is 734 g/mol. The summed E-state index contributed by atoms with van der Waals surface area (Å²) in [6, 6.07) is 65.5. The molecule has 0 radical (unpaired) electrons. The van der Waals surface area contributed by atoms with Crippen molar-refractivity contribution in [2.24, 2.45) is 0 Å². The minimum atomic E-state index is 0.620. The molecular formula is C51H31N3OS. The summed E-state index contributed by atoms with van der Waals surface area (Å²) in [7, 11) is 0. The van der Waals surface area contributed by atoms with Gasteiger partial charge in [-0.1, -0.05) is 164 Å². The van der Waals surface area contributed by atoms with Gasteiger partial charge in [-0.3, -0.25) is 0 Å². The summed E-state index contributed by atoms with van der Waals surface area (Å²) in [6.45, 7) is 0. The van der Waals surface area contributed by atoms with Crippen LogP contribution in [0.2, 0.25) is 0 Å². The van der Waals surface area contributed by atoms with Crippen LogP contribution in [0.25, 0.3) is 110 Å². The van der Waals surface area contributed by atoms with E-state index in [-0.39, 0.29) is 0 Å². The fourth-order valence-corrected chi connectivity index (χ4v) is 9.20. The Morgan fingerprint density at radius 2 is 0.857 bits per heavy atom. The van der Waals surface area contributed by atoms with Gasteiger partial charge in [0.25, 0.3) is 0 Å². The summed E-state index contributed by atoms with van der Waals surface area (Å²) in [5.41, 5.74) is 11.4. The molecule has 11 aromatic rings. The van der Waals surface area contributed by atoms with Crippen LogP contribution in [0.4, 0.5) is 0 Å². The van der Waals surface area contributed by atoms with E-state index in [0.717, 1.165) is 60.9 Å². The first-order chi connectivity index (χ1) is 27.8. The lowest BCUT2D eigenvalue weighted by atomic mass is 9.91. The number of rotatable bonds is 6. The van der Waals surface area contributed by atoms with Gasteiger partial charge in [-0.25, -0.2) is 15.0 Å². The van der Waals surface area contributed by atoms with Crippen LogP contribution >= 0.6 is 11.3 Å². The molecule has 0 atom stereocenters. The molecule has 56 heavy (non-hydrogen) atoms. The van der Waals surface area contributed by atoms with E-state index in [1.165, 1.54) is 31.3 Å². The average Bonchev–Trinajstić information content (AvgIpc) is 3.87. The quantitative estimate of drug-likeness (QED) is 0.171. The highest BCUT2D eigenvalue weighted by Gasteiger charge is 2.22. The van der Waals surface area contributed by atoms with Gasteiger partial charge in [0.05, 0.1) is 0 Å². The zero-order valence-electron chi connectivity index (χ0n) is 30.1. The molecule has 0 aliphatic carbocycles. The molecule has 11 rings (SSSR count). The third-order valence-corrected chi connectivity index (χ3v) is 11.8. The Labute approximate surface area is 327 Å². The first-order valence-corrected chi connectivity index (χ1v) is 19.5. The minimum Gasteiger partial charge on any atom is -0.455 e. The number of hydrogen-bond donors (Lipinski definition) is 0. The lowest BCUT2D eigenvalue weighted by Crippen LogP contribution is -2.00. The zero-order valence-corrected chi connectivity index (χ0v) is 30.9. The summed E-state index contributed by atoms with van der Waals surface area (Å²) in [6.07, 6.45) is 0. The predicted molar refractivity (Wildman–Crippen MR) is 233 cm³/mol. The minimum absolute atomic E-state index is 0.620. The number of furan rings is 1. The standard InChI is InChI=1S/C51H31N3OS/c1-4-15-32(16-5-1)37-28-30-40(48-46(37)42-24-11-13-26-44(42)56-48)39-29-27-38(45-41-23-10-12-25-43(41)55-47(39)45)35-21-14-22-36(31-35)51-53-49(33-17-6-2-7-18-33)52-50(54-51)34-19-8-3-9-20-34/h1-31H. The van der Waals surface area contributed by atoms with Gasteiger partial charge >= 0.3 is 0 Å². The monoisotopic (exact) mass is 733 g/mol. The third-order valence-electron chi connectivity index (χ3n) is 10.6. The Morgan fingerprint density at radius 1 is 0.357 bits per heavy atom. The van der Waals surface area contributed by atoms with E-state index in [2.05, 4.69) is 121 Å². The van der Waals surface area contributed by atoms with Gasteiger partial charge in [-0.05, 0) is 46.5 Å². The van der Waals surface area contributed by atoms with Crippen molar-refractivity contribution >= 4 is 53.4 Å². The zero-order chi connectivity index (χ0) is 37.0. The highest BCUT2D eigenvalue weighted by atomic mass is 32.1. The Balaban J connectivity index is 1.11. The molecule has 0 fully saturated rings. The molecule has 0 saturated carbocycles. The molecule has 0 saturated heterocycles. The molecule has 0 amide bonds. The molecule has 4 nitrogen and oxygen atoms in total. The van der Waals surface area contributed by atoms with Gasteiger partial charge in [-0.15, -0.1) is 11.3 Å². The lowest BCUT2D eigenvalue weighted by molar-refractivity contribution is 0.670. The summed E-state index contributed by atoms with van der Waals surface area (Å²) in [5.74, 6) is 1.90. The fraction of sp³-hybridized carbons (Fsp3) is 0. The predicted octanol–water partition coefficient (Wildman–Crippen LogP) is 14.1. The van der Waals surface area contributed by atoms with Crippen molar-refractivity contribution in [3.63, 3.8) is 0 Å². The SMILES string of the molecule is c1ccc(-c2nc(-c3ccccc3)nc(-c3cccc(-c4ccc(-c5ccc(-c6ccccc6)c6c5sc5ccccc56)c5oc6ccccc6c45)c3)n2)cc1. The molecule has 262 valence electrons. The van der Waals surface area contributed by atoms with E-state index in [0.29, 0.717) is 17.5 Å². The summed E-state index contributed by atoms with van der Waals surface area (Å²) >= 11 is 1.85. The van der Waals surface area contributed by atoms with E-state index < -0.39 is 0 Å². The number of thiophene rings is 1. The molecule has 0 aliphatic rings. The molecule has 0 spiro atoms. The largest absolute Gasteiger partial charge is 0.455 e. The van der Waals surface area contributed by atoms with Crippen molar-refractivity contribution in [2.45, 2.75) is 0 Å². The van der Waals surface area contributed by atoms with Crippen LogP contribution in [0.5, 0.6) is 0 Å². The first-order valence-electron chi connectivity index (χ1n) is 18.7. The normalized spacial score (nSPS) is 11.6. The van der Waals surface area contributed by atoms with E-state index in [1.807, 2.05) is 78.1 Å². The van der Waals surface area contributed by atoms with Crippen LogP contribution < -0.4 is 0 Å². The second kappa shape index (κ2) is 13.3. The third kappa shape index (κ3) is 5.40. The fourth-order valence-electron chi connectivity index (χ4n) is 7.94. The van der Waals surface area contributed by atoms with Gasteiger partial charge in [0, 0.05) is 58.8 Å². The summed E-state index contributed by atoms with van der Waals surface area (Å²) < 4.78 is 9.38. The van der Waals surface area contributed by atoms with Crippen molar-refractivity contribution in [1.29, 1.82) is 0 Å². The Bertz CT molecular complexity index is 3180. The lowest BCUT2D eigenvalue weighted by Gasteiger charge is -2.13. The van der Waals surface area contributed by atoms with Gasteiger partial charge in [0.1, 0.15) is 11.2 Å². The van der Waals surface area contributed by atoms with Gasteiger partial charge in [0.2, 0.25) is 0 Å². The number of para-hydroxylation sites is 1. The van der Waals surface area contributed by atoms with Gasteiger partial charge in [-0.2, -0.15) is 0 Å². The highest BCUT2D eigenvalue weighted by molar-refractivity contribution is 7.26. The van der Waals surface area contributed by atoms with Crippen LogP contribution in [0.15, 0.2) is 192 Å². The molecule has 8 aromatic carbocycles. The molecule has 0 N–H and O–H groups in total. The molecule has 0 aliphatic heterocycles. The molecule has 3 heterocycles. The van der Waals surface area contributed by atoms with E-state index in [1.54, 1.807) is 0 Å². The topological polar surface area (TPSA) is 51.8 Å². The number of benzene rings is 8. The smallest absolute Gasteiger partial charge is 0.164 e. The van der Waals surface area contributed by atoms with Crippen LogP contribution in [0, 0.1) is 0 Å². The van der Waals surface area contributed by atoms with Crippen LogP contribution in [-0.2, 0) is 0 Å². The van der Waals surface area contributed by atoms with Gasteiger partial charge in [0.15, 0.2) is 17.5 Å². The summed E-state index contributed by atoms with van der Waals surface area (Å²) in [4.78, 5) is 15.0. The Kier molecular flexibility index (Phi) is 7.64. The maximum Gasteiger partial charge on any atom is 0.164 e. The number of nitrogens with zero attached hydrogens (tertiary/aromatic N) is 3. The van der Waals surface area contributed by atoms with Crippen LogP contribution in [0.3, 0.4) is 0 Å². The Morgan fingerprint density at radius 3 is 1.55 bits per heavy atom. The number of fused-ring (bicyclic) bond motifs is 6. The molecule has 0 bridgehead atoms. The van der Waals surface area contributed by atoms with Crippen LogP contribution in [-0.4, -0.2) is 15.0 Å². The molecule has 0 unspecified atom stereocenters.